The van der Waals surface area contributed by atoms with Gasteiger partial charge in [-0.2, -0.15) is 0 Å². The predicted molar refractivity (Wildman–Crippen MR) is 96.9 cm³/mol. The largest absolute Gasteiger partial charge is 0.355 e. The summed E-state index contributed by atoms with van der Waals surface area (Å²) in [6.07, 6.45) is 2.60. The Morgan fingerprint density at radius 1 is 1.24 bits per heavy atom. The molecule has 5 heteroatoms. The van der Waals surface area contributed by atoms with Gasteiger partial charge >= 0.3 is 0 Å². The maximum atomic E-state index is 13.5. The monoisotopic (exact) mass is 339 g/mol. The summed E-state index contributed by atoms with van der Waals surface area (Å²) in [4.78, 5) is 16.5. The first kappa shape index (κ1) is 17.1. The third-order valence-electron chi connectivity index (χ3n) is 4.23. The van der Waals surface area contributed by atoms with Crippen molar-refractivity contribution in [2.75, 3.05) is 6.54 Å². The molecule has 3 aromatic rings. The van der Waals surface area contributed by atoms with Gasteiger partial charge in [0.1, 0.15) is 5.82 Å². The number of rotatable bonds is 6. The second-order valence-corrected chi connectivity index (χ2v) is 6.44. The van der Waals surface area contributed by atoms with E-state index in [2.05, 4.69) is 28.7 Å². The Hall–Kier alpha value is -2.69. The van der Waals surface area contributed by atoms with Gasteiger partial charge in [0, 0.05) is 12.6 Å². The Balaban J connectivity index is 1.57. The number of carbonyl (C=O) groups excluding carboxylic acids is 1. The van der Waals surface area contributed by atoms with Crippen LogP contribution in [-0.2, 0) is 17.6 Å². The Morgan fingerprint density at radius 2 is 2.04 bits per heavy atom. The van der Waals surface area contributed by atoms with E-state index in [-0.39, 0.29) is 11.7 Å². The maximum Gasteiger partial charge on any atom is 0.224 e. The van der Waals surface area contributed by atoms with E-state index in [1.807, 2.05) is 24.5 Å². The number of nitrogens with one attached hydrogen (secondary N) is 1. The molecule has 0 radical (unpaired) electrons. The van der Waals surface area contributed by atoms with Crippen molar-refractivity contribution in [3.63, 3.8) is 0 Å². The number of halogens is 1. The lowest BCUT2D eigenvalue weighted by Gasteiger charge is -2.09. The highest BCUT2D eigenvalue weighted by atomic mass is 19.1. The number of benzene rings is 2. The third kappa shape index (κ3) is 4.05. The molecule has 0 spiro atoms. The van der Waals surface area contributed by atoms with Crippen molar-refractivity contribution in [2.45, 2.75) is 32.7 Å². The standard InChI is InChI=1S/C20H22FN3O/c1-14(2)24-13-23-18-11-15(7-8-19(18)24)12-20(25)22-10-9-16-5-3-4-6-17(16)21/h3-8,11,13-14H,9-10,12H2,1-2H3,(H,22,25). The highest BCUT2D eigenvalue weighted by molar-refractivity contribution is 5.81. The maximum absolute atomic E-state index is 13.5. The van der Waals surface area contributed by atoms with E-state index in [9.17, 15) is 9.18 Å². The normalized spacial score (nSPS) is 11.2. The van der Waals surface area contributed by atoms with Crippen LogP contribution in [0.25, 0.3) is 11.0 Å². The van der Waals surface area contributed by atoms with E-state index in [4.69, 9.17) is 0 Å². The van der Waals surface area contributed by atoms with E-state index < -0.39 is 0 Å². The fourth-order valence-corrected chi connectivity index (χ4v) is 2.88. The lowest BCUT2D eigenvalue weighted by molar-refractivity contribution is -0.120. The van der Waals surface area contributed by atoms with Crippen molar-refractivity contribution in [3.8, 4) is 0 Å². The molecule has 130 valence electrons. The molecular weight excluding hydrogens is 317 g/mol. The minimum absolute atomic E-state index is 0.0704. The van der Waals surface area contributed by atoms with Crippen molar-refractivity contribution in [1.29, 1.82) is 0 Å². The van der Waals surface area contributed by atoms with E-state index in [0.717, 1.165) is 16.6 Å². The van der Waals surface area contributed by atoms with Gasteiger partial charge in [0.25, 0.3) is 0 Å². The van der Waals surface area contributed by atoms with Crippen LogP contribution in [0, 0.1) is 5.82 Å². The summed E-state index contributed by atoms with van der Waals surface area (Å²) >= 11 is 0. The molecule has 4 nitrogen and oxygen atoms in total. The van der Waals surface area contributed by atoms with E-state index in [1.54, 1.807) is 18.2 Å². The first-order valence-corrected chi connectivity index (χ1v) is 8.50. The van der Waals surface area contributed by atoms with Crippen molar-refractivity contribution >= 4 is 16.9 Å². The number of nitrogens with zero attached hydrogens (tertiary/aromatic N) is 2. The summed E-state index contributed by atoms with van der Waals surface area (Å²) in [6, 6.07) is 12.9. The number of aromatic nitrogens is 2. The quantitative estimate of drug-likeness (QED) is 0.745. The summed E-state index contributed by atoms with van der Waals surface area (Å²) in [5, 5.41) is 2.85. The molecule has 25 heavy (non-hydrogen) atoms. The van der Waals surface area contributed by atoms with E-state index in [1.165, 1.54) is 6.07 Å². The summed E-state index contributed by atoms with van der Waals surface area (Å²) < 4.78 is 15.7. The first-order valence-electron chi connectivity index (χ1n) is 8.50. The fraction of sp³-hybridized carbons (Fsp3) is 0.300. The molecular formula is C20H22FN3O. The van der Waals surface area contributed by atoms with Crippen LogP contribution in [0.1, 0.15) is 31.0 Å². The van der Waals surface area contributed by atoms with Crippen molar-refractivity contribution in [3.05, 3.63) is 65.7 Å². The molecule has 0 aliphatic carbocycles. The van der Waals surface area contributed by atoms with Gasteiger partial charge in [-0.3, -0.25) is 4.79 Å². The van der Waals surface area contributed by atoms with Crippen LogP contribution in [0.2, 0.25) is 0 Å². The Morgan fingerprint density at radius 3 is 2.80 bits per heavy atom. The molecule has 1 heterocycles. The number of hydrogen-bond acceptors (Lipinski definition) is 2. The van der Waals surface area contributed by atoms with Crippen molar-refractivity contribution in [1.82, 2.24) is 14.9 Å². The number of fused-ring (bicyclic) bond motifs is 1. The minimum Gasteiger partial charge on any atom is -0.355 e. The zero-order chi connectivity index (χ0) is 17.8. The highest BCUT2D eigenvalue weighted by Gasteiger charge is 2.09. The van der Waals surface area contributed by atoms with Crippen LogP contribution < -0.4 is 5.32 Å². The average Bonchev–Trinajstić information content (AvgIpc) is 3.00. The van der Waals surface area contributed by atoms with E-state index in [0.29, 0.717) is 31.0 Å². The molecule has 0 aliphatic heterocycles. The van der Waals surface area contributed by atoms with Crippen molar-refractivity contribution in [2.24, 2.45) is 0 Å². The molecule has 1 aromatic heterocycles. The predicted octanol–water partition coefficient (Wildman–Crippen LogP) is 3.66. The Kier molecular flexibility index (Phi) is 5.12. The van der Waals surface area contributed by atoms with Crippen molar-refractivity contribution < 1.29 is 9.18 Å². The van der Waals surface area contributed by atoms with Crippen LogP contribution in [-0.4, -0.2) is 22.0 Å². The average molecular weight is 339 g/mol. The van der Waals surface area contributed by atoms with Gasteiger partial charge in [-0.05, 0) is 49.6 Å². The molecule has 0 saturated heterocycles. The Labute approximate surface area is 146 Å². The topological polar surface area (TPSA) is 46.9 Å². The molecule has 1 amide bonds. The molecule has 0 saturated carbocycles. The van der Waals surface area contributed by atoms with Gasteiger partial charge < -0.3 is 9.88 Å². The number of carbonyl (C=O) groups is 1. The Bertz CT molecular complexity index is 886. The molecule has 1 N–H and O–H groups in total. The lowest BCUT2D eigenvalue weighted by Crippen LogP contribution is -2.27. The summed E-state index contributed by atoms with van der Waals surface area (Å²) in [5.41, 5.74) is 3.50. The molecule has 0 bridgehead atoms. The van der Waals surface area contributed by atoms with Gasteiger partial charge in [-0.25, -0.2) is 9.37 Å². The molecule has 3 rings (SSSR count). The van der Waals surface area contributed by atoms with Gasteiger partial charge in [-0.15, -0.1) is 0 Å². The van der Waals surface area contributed by atoms with E-state index >= 15 is 0 Å². The van der Waals surface area contributed by atoms with Gasteiger partial charge in [0.05, 0.1) is 23.8 Å². The SMILES string of the molecule is CC(C)n1cnc2cc(CC(=O)NCCc3ccccc3F)ccc21. The molecule has 2 aromatic carbocycles. The zero-order valence-electron chi connectivity index (χ0n) is 14.5. The number of imidazole rings is 1. The first-order chi connectivity index (χ1) is 12.0. The van der Waals surface area contributed by atoms with Crippen LogP contribution in [0.5, 0.6) is 0 Å². The zero-order valence-corrected chi connectivity index (χ0v) is 14.5. The number of amides is 1. The smallest absolute Gasteiger partial charge is 0.224 e. The molecule has 0 unspecified atom stereocenters. The van der Waals surface area contributed by atoms with Gasteiger partial charge in [0.15, 0.2) is 0 Å². The minimum atomic E-state index is -0.233. The summed E-state index contributed by atoms with van der Waals surface area (Å²) in [7, 11) is 0. The molecule has 0 fully saturated rings. The summed E-state index contributed by atoms with van der Waals surface area (Å²) in [6.45, 7) is 4.64. The molecule has 0 atom stereocenters. The van der Waals surface area contributed by atoms with Gasteiger partial charge in [-0.1, -0.05) is 24.3 Å². The fourth-order valence-electron chi connectivity index (χ4n) is 2.88. The summed E-state index contributed by atoms with van der Waals surface area (Å²) in [5.74, 6) is -0.304. The van der Waals surface area contributed by atoms with Crippen LogP contribution in [0.4, 0.5) is 4.39 Å². The van der Waals surface area contributed by atoms with Crippen LogP contribution >= 0.6 is 0 Å². The van der Waals surface area contributed by atoms with Crippen LogP contribution in [0.3, 0.4) is 0 Å². The number of hydrogen-bond donors (Lipinski definition) is 1. The molecule has 0 aliphatic rings. The van der Waals surface area contributed by atoms with Crippen LogP contribution in [0.15, 0.2) is 48.8 Å². The second-order valence-electron chi connectivity index (χ2n) is 6.44. The highest BCUT2D eigenvalue weighted by Crippen LogP contribution is 2.19. The van der Waals surface area contributed by atoms with Gasteiger partial charge in [0.2, 0.25) is 5.91 Å². The third-order valence-corrected chi connectivity index (χ3v) is 4.23. The lowest BCUT2D eigenvalue weighted by atomic mass is 10.1. The second kappa shape index (κ2) is 7.47.